The minimum atomic E-state index is 0.467. The maximum absolute atomic E-state index is 5.57. The van der Waals surface area contributed by atoms with Gasteiger partial charge in [-0.15, -0.1) is 0 Å². The molecule has 0 atom stereocenters. The molecule has 0 fully saturated rings. The molecule has 0 heterocycles. The van der Waals surface area contributed by atoms with Gasteiger partial charge in [-0.05, 0) is 51.3 Å². The summed E-state index contributed by atoms with van der Waals surface area (Å²) >= 11 is 0. The van der Waals surface area contributed by atoms with E-state index in [-0.39, 0.29) is 0 Å². The van der Waals surface area contributed by atoms with Crippen LogP contribution in [0.1, 0.15) is 30.5 Å². The van der Waals surface area contributed by atoms with E-state index in [0.29, 0.717) is 6.04 Å². The highest BCUT2D eigenvalue weighted by Crippen LogP contribution is 2.37. The van der Waals surface area contributed by atoms with Gasteiger partial charge >= 0.3 is 0 Å². The molecule has 16 heavy (non-hydrogen) atoms. The molecule has 0 aliphatic carbocycles. The molecule has 0 aliphatic heterocycles. The summed E-state index contributed by atoms with van der Waals surface area (Å²) in [6, 6.07) is 2.70. The second-order valence-electron chi connectivity index (χ2n) is 4.72. The standard InChI is InChI=1S/C14H23NO/c1-9(2)15(6)13-11(4)8-10(3)12(5)14(13)16-7/h8-9H,1-7H3. The van der Waals surface area contributed by atoms with E-state index in [4.69, 9.17) is 4.74 Å². The van der Waals surface area contributed by atoms with Crippen LogP contribution in [0, 0.1) is 20.8 Å². The molecule has 0 aliphatic rings. The molecule has 1 aromatic carbocycles. The van der Waals surface area contributed by atoms with Crippen LogP contribution >= 0.6 is 0 Å². The molecule has 0 saturated carbocycles. The van der Waals surface area contributed by atoms with Crippen LogP contribution in [0.3, 0.4) is 0 Å². The Hall–Kier alpha value is -1.18. The largest absolute Gasteiger partial charge is 0.494 e. The first-order valence-corrected chi connectivity index (χ1v) is 5.77. The van der Waals surface area contributed by atoms with Crippen LogP contribution in [0.5, 0.6) is 5.75 Å². The van der Waals surface area contributed by atoms with E-state index in [2.05, 4.69) is 52.6 Å². The van der Waals surface area contributed by atoms with Crippen molar-refractivity contribution in [1.29, 1.82) is 0 Å². The maximum Gasteiger partial charge on any atom is 0.145 e. The van der Waals surface area contributed by atoms with Gasteiger partial charge in [0.1, 0.15) is 5.75 Å². The van der Waals surface area contributed by atoms with Gasteiger partial charge in [0, 0.05) is 13.1 Å². The molecule has 0 bridgehead atoms. The lowest BCUT2D eigenvalue weighted by atomic mass is 10.0. The average Bonchev–Trinajstić information content (AvgIpc) is 2.21. The summed E-state index contributed by atoms with van der Waals surface area (Å²) in [6.45, 7) is 10.8. The number of aryl methyl sites for hydroxylation is 2. The Bertz CT molecular complexity index is 383. The van der Waals surface area contributed by atoms with Gasteiger partial charge in [0.25, 0.3) is 0 Å². The summed E-state index contributed by atoms with van der Waals surface area (Å²) in [6.07, 6.45) is 0. The number of anilines is 1. The number of nitrogens with zero attached hydrogens (tertiary/aromatic N) is 1. The number of hydrogen-bond acceptors (Lipinski definition) is 2. The average molecular weight is 221 g/mol. The van der Waals surface area contributed by atoms with Gasteiger partial charge in [0.15, 0.2) is 0 Å². The first kappa shape index (κ1) is 12.9. The van der Waals surface area contributed by atoms with Crippen LogP contribution in [0.2, 0.25) is 0 Å². The number of ether oxygens (including phenoxy) is 1. The zero-order valence-electron chi connectivity index (χ0n) is 11.5. The molecule has 0 amide bonds. The second kappa shape index (κ2) is 4.77. The topological polar surface area (TPSA) is 12.5 Å². The van der Waals surface area contributed by atoms with Crippen molar-refractivity contribution in [3.05, 3.63) is 22.8 Å². The van der Waals surface area contributed by atoms with Crippen LogP contribution in [0.4, 0.5) is 5.69 Å². The van der Waals surface area contributed by atoms with Crippen molar-refractivity contribution in [2.24, 2.45) is 0 Å². The lowest BCUT2D eigenvalue weighted by molar-refractivity contribution is 0.410. The fourth-order valence-electron chi connectivity index (χ4n) is 1.98. The normalized spacial score (nSPS) is 10.8. The molecule has 1 rings (SSSR count). The zero-order chi connectivity index (χ0) is 12.5. The zero-order valence-corrected chi connectivity index (χ0v) is 11.5. The predicted octanol–water partition coefficient (Wildman–Crippen LogP) is 3.47. The van der Waals surface area contributed by atoms with Crippen molar-refractivity contribution in [2.75, 3.05) is 19.1 Å². The van der Waals surface area contributed by atoms with Crippen LogP contribution in [0.25, 0.3) is 0 Å². The first-order valence-electron chi connectivity index (χ1n) is 5.77. The van der Waals surface area contributed by atoms with Crippen molar-refractivity contribution in [3.63, 3.8) is 0 Å². The highest BCUT2D eigenvalue weighted by Gasteiger charge is 2.17. The quantitative estimate of drug-likeness (QED) is 0.775. The van der Waals surface area contributed by atoms with E-state index in [1.165, 1.54) is 22.4 Å². The summed E-state index contributed by atoms with van der Waals surface area (Å²) in [5.74, 6) is 1.01. The summed E-state index contributed by atoms with van der Waals surface area (Å²) in [5.41, 5.74) is 5.00. The Morgan fingerprint density at radius 2 is 1.69 bits per heavy atom. The third-order valence-corrected chi connectivity index (χ3v) is 3.29. The Labute approximate surface area is 99.2 Å². The van der Waals surface area contributed by atoms with Crippen LogP contribution in [-0.4, -0.2) is 20.2 Å². The van der Waals surface area contributed by atoms with Gasteiger partial charge in [-0.1, -0.05) is 6.07 Å². The van der Waals surface area contributed by atoms with Crippen molar-refractivity contribution in [1.82, 2.24) is 0 Å². The van der Waals surface area contributed by atoms with Gasteiger partial charge in [-0.3, -0.25) is 0 Å². The van der Waals surface area contributed by atoms with Gasteiger partial charge < -0.3 is 9.64 Å². The van der Waals surface area contributed by atoms with E-state index in [1.807, 2.05) is 0 Å². The molecule has 0 radical (unpaired) electrons. The summed E-state index contributed by atoms with van der Waals surface area (Å²) < 4.78 is 5.57. The molecular weight excluding hydrogens is 198 g/mol. The molecule has 2 nitrogen and oxygen atoms in total. The highest BCUT2D eigenvalue weighted by molar-refractivity contribution is 5.68. The molecule has 1 aromatic rings. The molecule has 0 saturated heterocycles. The number of benzene rings is 1. The van der Waals surface area contributed by atoms with Crippen molar-refractivity contribution in [3.8, 4) is 5.75 Å². The van der Waals surface area contributed by atoms with E-state index >= 15 is 0 Å². The molecule has 0 aromatic heterocycles. The Morgan fingerprint density at radius 1 is 1.12 bits per heavy atom. The van der Waals surface area contributed by atoms with Crippen LogP contribution in [-0.2, 0) is 0 Å². The number of rotatable bonds is 3. The molecule has 0 unspecified atom stereocenters. The highest BCUT2D eigenvalue weighted by atomic mass is 16.5. The fourth-order valence-corrected chi connectivity index (χ4v) is 1.98. The van der Waals surface area contributed by atoms with Crippen molar-refractivity contribution < 1.29 is 4.74 Å². The third kappa shape index (κ3) is 2.16. The Balaban J connectivity index is 3.42. The fraction of sp³-hybridized carbons (Fsp3) is 0.571. The second-order valence-corrected chi connectivity index (χ2v) is 4.72. The smallest absolute Gasteiger partial charge is 0.145 e. The van der Waals surface area contributed by atoms with Gasteiger partial charge in [-0.25, -0.2) is 0 Å². The Kier molecular flexibility index (Phi) is 3.84. The van der Waals surface area contributed by atoms with Crippen LogP contribution in [0.15, 0.2) is 6.07 Å². The van der Waals surface area contributed by atoms with Crippen molar-refractivity contribution in [2.45, 2.75) is 40.7 Å². The maximum atomic E-state index is 5.57. The van der Waals surface area contributed by atoms with Crippen molar-refractivity contribution >= 4 is 5.69 Å². The van der Waals surface area contributed by atoms with Gasteiger partial charge in [0.2, 0.25) is 0 Å². The Morgan fingerprint density at radius 3 is 2.12 bits per heavy atom. The summed E-state index contributed by atoms with van der Waals surface area (Å²) in [4.78, 5) is 2.26. The first-order chi connectivity index (χ1) is 7.40. The molecule has 2 heteroatoms. The predicted molar refractivity (Wildman–Crippen MR) is 70.7 cm³/mol. The number of methoxy groups -OCH3 is 1. The van der Waals surface area contributed by atoms with E-state index in [1.54, 1.807) is 7.11 Å². The number of hydrogen-bond donors (Lipinski definition) is 0. The summed E-state index contributed by atoms with van der Waals surface area (Å²) in [5, 5.41) is 0. The molecule has 0 spiro atoms. The molecular formula is C14H23NO. The van der Waals surface area contributed by atoms with Gasteiger partial charge in [-0.2, -0.15) is 0 Å². The van der Waals surface area contributed by atoms with Gasteiger partial charge in [0.05, 0.1) is 12.8 Å². The monoisotopic (exact) mass is 221 g/mol. The molecule has 90 valence electrons. The lowest BCUT2D eigenvalue weighted by Crippen LogP contribution is -2.27. The van der Waals surface area contributed by atoms with Crippen LogP contribution < -0.4 is 9.64 Å². The van der Waals surface area contributed by atoms with E-state index < -0.39 is 0 Å². The summed E-state index contributed by atoms with van der Waals surface area (Å²) in [7, 11) is 3.86. The third-order valence-electron chi connectivity index (χ3n) is 3.29. The lowest BCUT2D eigenvalue weighted by Gasteiger charge is -2.29. The minimum absolute atomic E-state index is 0.467. The van der Waals surface area contributed by atoms with E-state index in [9.17, 15) is 0 Å². The molecule has 0 N–H and O–H groups in total. The minimum Gasteiger partial charge on any atom is -0.494 e. The SMILES string of the molecule is COc1c(C)c(C)cc(C)c1N(C)C(C)C. The van der Waals surface area contributed by atoms with E-state index in [0.717, 1.165) is 5.75 Å².